The first-order chi connectivity index (χ1) is 13.0. The summed E-state index contributed by atoms with van der Waals surface area (Å²) in [5, 5.41) is 12.7. The number of rotatable bonds is 8. The average molecular weight is 388 g/mol. The number of hydrogen-bond acceptors (Lipinski definition) is 6. The summed E-state index contributed by atoms with van der Waals surface area (Å²) in [4.78, 5) is 28.3. The van der Waals surface area contributed by atoms with Crippen LogP contribution in [-0.4, -0.2) is 35.8 Å². The number of hydrogen-bond donors (Lipinski definition) is 1. The van der Waals surface area contributed by atoms with E-state index in [1.165, 1.54) is 36.2 Å². The van der Waals surface area contributed by atoms with Gasteiger partial charge in [-0.15, -0.1) is 0 Å². The number of nitriles is 1. The van der Waals surface area contributed by atoms with E-state index in [0.717, 1.165) is 19.3 Å². The summed E-state index contributed by atoms with van der Waals surface area (Å²) in [6.45, 7) is 4.30. The molecule has 0 aromatic carbocycles. The van der Waals surface area contributed by atoms with Gasteiger partial charge in [0.15, 0.2) is 0 Å². The maximum absolute atomic E-state index is 12.1. The van der Waals surface area contributed by atoms with Crippen LogP contribution in [0.2, 0.25) is 0 Å². The van der Waals surface area contributed by atoms with Crippen LogP contribution >= 0.6 is 11.8 Å². The summed E-state index contributed by atoms with van der Waals surface area (Å²) >= 11 is 1.20. The molecule has 1 aromatic rings. The van der Waals surface area contributed by atoms with Gasteiger partial charge in [-0.2, -0.15) is 5.26 Å². The highest BCUT2D eigenvalue weighted by Gasteiger charge is 2.17. The SMILES string of the molecule is CCOC(=O)c1cc(C#N)c(SCC(=O)NCCC2=CCCCC2)nc1C. The molecule has 1 aliphatic rings. The monoisotopic (exact) mass is 387 g/mol. The van der Waals surface area contributed by atoms with Crippen LogP contribution in [0.4, 0.5) is 0 Å². The molecule has 0 radical (unpaired) electrons. The first-order valence-corrected chi connectivity index (χ1v) is 10.2. The van der Waals surface area contributed by atoms with Crippen LogP contribution in [-0.2, 0) is 9.53 Å². The number of amides is 1. The minimum absolute atomic E-state index is 0.0887. The highest BCUT2D eigenvalue weighted by molar-refractivity contribution is 8.00. The number of carbonyl (C=O) groups excluding carboxylic acids is 2. The third kappa shape index (κ3) is 6.40. The predicted molar refractivity (Wildman–Crippen MR) is 105 cm³/mol. The van der Waals surface area contributed by atoms with Crippen LogP contribution in [0, 0.1) is 18.3 Å². The lowest BCUT2D eigenvalue weighted by atomic mass is 9.97. The Balaban J connectivity index is 1.89. The quantitative estimate of drug-likeness (QED) is 0.417. The second-order valence-electron chi connectivity index (χ2n) is 6.30. The highest BCUT2D eigenvalue weighted by atomic mass is 32.2. The fourth-order valence-electron chi connectivity index (χ4n) is 2.87. The summed E-state index contributed by atoms with van der Waals surface area (Å²) in [7, 11) is 0. The summed E-state index contributed by atoms with van der Waals surface area (Å²) < 4.78 is 4.98. The molecule has 0 bridgehead atoms. The van der Waals surface area contributed by atoms with Crippen molar-refractivity contribution in [2.75, 3.05) is 18.9 Å². The Morgan fingerprint density at radius 1 is 1.41 bits per heavy atom. The minimum Gasteiger partial charge on any atom is -0.462 e. The van der Waals surface area contributed by atoms with Crippen molar-refractivity contribution in [1.29, 1.82) is 5.26 Å². The molecule has 0 unspecified atom stereocenters. The molecule has 2 rings (SSSR count). The second kappa shape index (κ2) is 10.7. The molecule has 0 aliphatic heterocycles. The Morgan fingerprint density at radius 2 is 2.22 bits per heavy atom. The van der Waals surface area contributed by atoms with Crippen LogP contribution in [0.15, 0.2) is 22.7 Å². The summed E-state index contributed by atoms with van der Waals surface area (Å²) in [5.74, 6) is -0.404. The molecule has 0 fully saturated rings. The lowest BCUT2D eigenvalue weighted by Gasteiger charge is -2.13. The fraction of sp³-hybridized carbons (Fsp3) is 0.500. The van der Waals surface area contributed by atoms with Gasteiger partial charge >= 0.3 is 5.97 Å². The van der Waals surface area contributed by atoms with Crippen LogP contribution in [0.3, 0.4) is 0 Å². The smallest absolute Gasteiger partial charge is 0.340 e. The second-order valence-corrected chi connectivity index (χ2v) is 7.27. The van der Waals surface area contributed by atoms with E-state index in [1.807, 2.05) is 6.07 Å². The van der Waals surface area contributed by atoms with Crippen LogP contribution in [0.5, 0.6) is 0 Å². The van der Waals surface area contributed by atoms with Gasteiger partial charge in [-0.1, -0.05) is 23.4 Å². The number of aromatic nitrogens is 1. The van der Waals surface area contributed by atoms with E-state index >= 15 is 0 Å². The van der Waals surface area contributed by atoms with E-state index in [-0.39, 0.29) is 29.4 Å². The van der Waals surface area contributed by atoms with Gasteiger partial charge in [0.1, 0.15) is 11.1 Å². The molecule has 1 aliphatic carbocycles. The number of ether oxygens (including phenoxy) is 1. The number of aryl methyl sites for hydroxylation is 1. The van der Waals surface area contributed by atoms with Gasteiger partial charge in [0.05, 0.1) is 29.2 Å². The summed E-state index contributed by atoms with van der Waals surface area (Å²) in [5.41, 5.74) is 2.46. The van der Waals surface area contributed by atoms with Gasteiger partial charge < -0.3 is 10.1 Å². The first kappa shape index (κ1) is 21.0. The Morgan fingerprint density at radius 3 is 2.89 bits per heavy atom. The van der Waals surface area contributed by atoms with E-state index in [1.54, 1.807) is 13.8 Å². The standard InChI is InChI=1S/C20H25N3O3S/c1-3-26-20(25)17-11-16(12-21)19(23-14(17)2)27-13-18(24)22-10-9-15-7-5-4-6-8-15/h7,11H,3-6,8-10,13H2,1-2H3,(H,22,24). The zero-order chi connectivity index (χ0) is 19.6. The van der Waals surface area contributed by atoms with Crippen molar-refractivity contribution in [2.24, 2.45) is 0 Å². The third-order valence-electron chi connectivity index (χ3n) is 4.29. The fourth-order valence-corrected chi connectivity index (χ4v) is 3.70. The largest absolute Gasteiger partial charge is 0.462 e. The molecule has 0 saturated heterocycles. The average Bonchev–Trinajstić information content (AvgIpc) is 2.67. The molecule has 0 atom stereocenters. The molecule has 27 heavy (non-hydrogen) atoms. The maximum atomic E-state index is 12.1. The number of carbonyl (C=O) groups is 2. The number of pyridine rings is 1. The third-order valence-corrected chi connectivity index (χ3v) is 5.28. The minimum atomic E-state index is -0.495. The highest BCUT2D eigenvalue weighted by Crippen LogP contribution is 2.23. The van der Waals surface area contributed by atoms with Gasteiger partial charge in [0.25, 0.3) is 0 Å². The molecule has 1 heterocycles. The molecule has 1 N–H and O–H groups in total. The molecule has 1 amide bonds. The molecule has 0 spiro atoms. The van der Waals surface area contributed by atoms with Gasteiger partial charge in [-0.05, 0) is 52.0 Å². The molecule has 1 aromatic heterocycles. The van der Waals surface area contributed by atoms with Crippen molar-refractivity contribution >= 4 is 23.6 Å². The zero-order valence-corrected chi connectivity index (χ0v) is 16.7. The number of esters is 1. The molecule has 6 nitrogen and oxygen atoms in total. The van der Waals surface area contributed by atoms with Crippen molar-refractivity contribution < 1.29 is 14.3 Å². The lowest BCUT2D eigenvalue weighted by Crippen LogP contribution is -2.26. The summed E-state index contributed by atoms with van der Waals surface area (Å²) in [6, 6.07) is 3.52. The molecule has 0 saturated carbocycles. The van der Waals surface area contributed by atoms with E-state index in [0.29, 0.717) is 17.3 Å². The Bertz CT molecular complexity index is 768. The predicted octanol–water partition coefficient (Wildman–Crippen LogP) is 3.54. The Hall–Kier alpha value is -2.33. The van der Waals surface area contributed by atoms with E-state index in [2.05, 4.69) is 16.4 Å². The van der Waals surface area contributed by atoms with Crippen LogP contribution in [0.25, 0.3) is 0 Å². The van der Waals surface area contributed by atoms with E-state index in [4.69, 9.17) is 4.74 Å². The van der Waals surface area contributed by atoms with Crippen LogP contribution < -0.4 is 5.32 Å². The first-order valence-electron chi connectivity index (χ1n) is 9.21. The number of nitrogens with zero attached hydrogens (tertiary/aromatic N) is 2. The molecular formula is C20H25N3O3S. The van der Waals surface area contributed by atoms with Gasteiger partial charge in [-0.25, -0.2) is 9.78 Å². The molecular weight excluding hydrogens is 362 g/mol. The number of allylic oxidation sites excluding steroid dienone is 1. The van der Waals surface area contributed by atoms with E-state index < -0.39 is 5.97 Å². The Labute approximate surface area is 164 Å². The molecule has 144 valence electrons. The summed E-state index contributed by atoms with van der Waals surface area (Å²) in [6.07, 6.45) is 7.94. The van der Waals surface area contributed by atoms with Gasteiger partial charge in [-0.3, -0.25) is 4.79 Å². The van der Waals surface area contributed by atoms with Crippen molar-refractivity contribution in [1.82, 2.24) is 10.3 Å². The lowest BCUT2D eigenvalue weighted by molar-refractivity contribution is -0.118. The number of thioether (sulfide) groups is 1. The zero-order valence-electron chi connectivity index (χ0n) is 15.8. The van der Waals surface area contributed by atoms with Gasteiger partial charge in [0, 0.05) is 6.54 Å². The Kier molecular flexibility index (Phi) is 8.34. The normalized spacial score (nSPS) is 13.4. The van der Waals surface area contributed by atoms with Crippen molar-refractivity contribution in [2.45, 2.75) is 51.0 Å². The number of nitrogens with one attached hydrogen (secondary N) is 1. The van der Waals surface area contributed by atoms with Crippen molar-refractivity contribution in [3.63, 3.8) is 0 Å². The topological polar surface area (TPSA) is 92.1 Å². The van der Waals surface area contributed by atoms with Crippen molar-refractivity contribution in [3.05, 3.63) is 34.5 Å². The van der Waals surface area contributed by atoms with Crippen LogP contribution in [0.1, 0.15) is 60.6 Å². The molecule has 7 heteroatoms. The van der Waals surface area contributed by atoms with E-state index in [9.17, 15) is 14.9 Å². The van der Waals surface area contributed by atoms with Gasteiger partial charge in [0.2, 0.25) is 5.91 Å². The van der Waals surface area contributed by atoms with Crippen molar-refractivity contribution in [3.8, 4) is 6.07 Å². The maximum Gasteiger partial charge on any atom is 0.340 e.